The highest BCUT2D eigenvalue weighted by Crippen LogP contribution is 2.23. The summed E-state index contributed by atoms with van der Waals surface area (Å²) < 4.78 is 48.3. The van der Waals surface area contributed by atoms with Crippen LogP contribution in [0.15, 0.2) is 24.5 Å². The lowest BCUT2D eigenvalue weighted by molar-refractivity contribution is 0.0689. The fraction of sp³-hybridized carbons (Fsp3) is 0.222. The van der Waals surface area contributed by atoms with Crippen LogP contribution in [0, 0.1) is 17.5 Å². The Morgan fingerprint density at radius 2 is 1.90 bits per heavy atom. The molecule has 1 aromatic carbocycles. The average Bonchev–Trinajstić information content (AvgIpc) is 3.06. The molecule has 29 heavy (non-hydrogen) atoms. The summed E-state index contributed by atoms with van der Waals surface area (Å²) in [5, 5.41) is 15.5. The Kier molecular flexibility index (Phi) is 5.66. The van der Waals surface area contributed by atoms with Gasteiger partial charge in [0.15, 0.2) is 23.1 Å². The van der Waals surface area contributed by atoms with Crippen molar-refractivity contribution in [2.45, 2.75) is 20.0 Å². The van der Waals surface area contributed by atoms with E-state index in [1.807, 2.05) is 0 Å². The van der Waals surface area contributed by atoms with Gasteiger partial charge in [-0.15, -0.1) is 0 Å². The molecule has 0 bridgehead atoms. The molecule has 8 nitrogen and oxygen atoms in total. The van der Waals surface area contributed by atoms with Gasteiger partial charge in [0, 0.05) is 13.1 Å². The van der Waals surface area contributed by atoms with Gasteiger partial charge in [-0.2, -0.15) is 5.10 Å². The molecule has 0 fully saturated rings. The first kappa shape index (κ1) is 20.1. The lowest BCUT2D eigenvalue weighted by Gasteiger charge is -2.11. The van der Waals surface area contributed by atoms with Crippen LogP contribution in [0.5, 0.6) is 5.75 Å². The van der Waals surface area contributed by atoms with Crippen molar-refractivity contribution in [1.29, 1.82) is 0 Å². The predicted octanol–water partition coefficient (Wildman–Crippen LogP) is 3.21. The molecule has 0 aliphatic rings. The number of nitrogens with zero attached hydrogens (tertiary/aromatic N) is 4. The van der Waals surface area contributed by atoms with Crippen LogP contribution in [0.25, 0.3) is 0 Å². The summed E-state index contributed by atoms with van der Waals surface area (Å²) in [6.07, 6.45) is 2.70. The lowest BCUT2D eigenvalue weighted by Crippen LogP contribution is -2.08. The maximum absolute atomic E-state index is 14.2. The van der Waals surface area contributed by atoms with Crippen LogP contribution in [0.3, 0.4) is 0 Å². The number of halogens is 3. The number of anilines is 2. The van der Waals surface area contributed by atoms with Gasteiger partial charge < -0.3 is 15.2 Å². The normalized spacial score (nSPS) is 10.8. The van der Waals surface area contributed by atoms with Crippen LogP contribution in [-0.2, 0) is 20.1 Å². The Labute approximate surface area is 163 Å². The van der Waals surface area contributed by atoms with Crippen molar-refractivity contribution < 1.29 is 27.8 Å². The lowest BCUT2D eigenvalue weighted by atomic mass is 10.1. The summed E-state index contributed by atoms with van der Waals surface area (Å²) in [6, 6.07) is 2.13. The zero-order valence-corrected chi connectivity index (χ0v) is 15.4. The maximum Gasteiger partial charge on any atom is 0.356 e. The summed E-state index contributed by atoms with van der Waals surface area (Å²) in [5.41, 5.74) is -0.615. The molecule has 3 rings (SSSR count). The highest BCUT2D eigenvalue weighted by Gasteiger charge is 2.19. The predicted molar refractivity (Wildman–Crippen MR) is 95.5 cm³/mol. The van der Waals surface area contributed by atoms with Crippen molar-refractivity contribution in [3.05, 3.63) is 58.8 Å². The monoisotopic (exact) mass is 407 g/mol. The number of hydrogen-bond donors (Lipinski definition) is 2. The summed E-state index contributed by atoms with van der Waals surface area (Å²) in [7, 11) is 1.54. The Morgan fingerprint density at radius 1 is 1.21 bits per heavy atom. The number of aryl methyl sites for hydroxylation is 2. The molecule has 2 N–H and O–H groups in total. The number of nitrogens with one attached hydrogen (secondary N) is 1. The third kappa shape index (κ3) is 4.28. The molecular formula is C18H16F3N5O3. The second-order valence-corrected chi connectivity index (χ2v) is 5.98. The molecule has 0 spiro atoms. The highest BCUT2D eigenvalue weighted by molar-refractivity contribution is 5.86. The maximum atomic E-state index is 14.2. The first-order valence-electron chi connectivity index (χ1n) is 8.44. The molecule has 3 aromatic rings. The molecule has 0 saturated heterocycles. The van der Waals surface area contributed by atoms with Gasteiger partial charge in [0.2, 0.25) is 5.95 Å². The summed E-state index contributed by atoms with van der Waals surface area (Å²) in [5.74, 6) is -3.91. The zero-order valence-electron chi connectivity index (χ0n) is 15.4. The van der Waals surface area contributed by atoms with E-state index in [4.69, 9.17) is 9.84 Å². The number of aromatic nitrogens is 4. The molecule has 0 aliphatic heterocycles. The first-order chi connectivity index (χ1) is 13.8. The van der Waals surface area contributed by atoms with E-state index in [9.17, 15) is 18.0 Å². The molecule has 0 aliphatic carbocycles. The van der Waals surface area contributed by atoms with Crippen molar-refractivity contribution in [1.82, 2.24) is 19.7 Å². The fourth-order valence-corrected chi connectivity index (χ4v) is 2.51. The van der Waals surface area contributed by atoms with Crippen LogP contribution in [0.1, 0.15) is 28.5 Å². The second kappa shape index (κ2) is 8.17. The van der Waals surface area contributed by atoms with E-state index in [1.165, 1.54) is 23.1 Å². The molecule has 2 aromatic heterocycles. The minimum Gasteiger partial charge on any atom is -0.485 e. The number of carboxylic acids is 1. The van der Waals surface area contributed by atoms with Gasteiger partial charge in [0.25, 0.3) is 0 Å². The quantitative estimate of drug-likeness (QED) is 0.580. The number of rotatable bonds is 7. The minimum absolute atomic E-state index is 0.0511. The number of aromatic carboxylic acids is 1. The van der Waals surface area contributed by atoms with Crippen LogP contribution >= 0.6 is 0 Å². The number of ether oxygens (including phenoxy) is 1. The van der Waals surface area contributed by atoms with E-state index in [0.717, 1.165) is 6.07 Å². The number of benzene rings is 1. The molecular weight excluding hydrogens is 391 g/mol. The highest BCUT2D eigenvalue weighted by atomic mass is 19.2. The van der Waals surface area contributed by atoms with Gasteiger partial charge in [-0.1, -0.05) is 6.92 Å². The number of hydrogen-bond acceptors (Lipinski definition) is 6. The van der Waals surface area contributed by atoms with Gasteiger partial charge in [-0.05, 0) is 18.1 Å². The van der Waals surface area contributed by atoms with Crippen molar-refractivity contribution in [2.75, 3.05) is 5.32 Å². The van der Waals surface area contributed by atoms with E-state index in [0.29, 0.717) is 5.82 Å². The van der Waals surface area contributed by atoms with E-state index < -0.39 is 35.6 Å². The largest absolute Gasteiger partial charge is 0.485 e. The Balaban J connectivity index is 1.71. The summed E-state index contributed by atoms with van der Waals surface area (Å²) >= 11 is 0. The SMILES string of the molecule is CCc1cc(F)c(F)c(COc2cnc(Nc3cc(C(=O)O)nn3C)nc2)c1F. The standard InChI is InChI=1S/C18H16F3N5O3/c1-3-9-4-12(19)16(21)11(15(9)20)8-29-10-6-22-18(23-7-10)24-14-5-13(17(27)28)25-26(14)2/h4-7H,3,8H2,1-2H3,(H,27,28)(H,22,23,24). The Bertz CT molecular complexity index is 1050. The molecule has 152 valence electrons. The van der Waals surface area contributed by atoms with E-state index in [2.05, 4.69) is 20.4 Å². The van der Waals surface area contributed by atoms with Crippen molar-refractivity contribution in [3.8, 4) is 5.75 Å². The van der Waals surface area contributed by atoms with E-state index >= 15 is 0 Å². The van der Waals surface area contributed by atoms with Crippen molar-refractivity contribution in [2.24, 2.45) is 7.05 Å². The average molecular weight is 407 g/mol. The van der Waals surface area contributed by atoms with Gasteiger partial charge in [-0.25, -0.2) is 27.9 Å². The third-order valence-corrected chi connectivity index (χ3v) is 4.05. The third-order valence-electron chi connectivity index (χ3n) is 4.05. The smallest absolute Gasteiger partial charge is 0.356 e. The summed E-state index contributed by atoms with van der Waals surface area (Å²) in [6.45, 7) is 1.09. The first-order valence-corrected chi connectivity index (χ1v) is 8.44. The van der Waals surface area contributed by atoms with Gasteiger partial charge in [0.1, 0.15) is 18.2 Å². The minimum atomic E-state index is -1.30. The summed E-state index contributed by atoms with van der Waals surface area (Å²) in [4.78, 5) is 18.9. The Morgan fingerprint density at radius 3 is 2.48 bits per heavy atom. The molecule has 0 radical (unpaired) electrons. The van der Waals surface area contributed by atoms with E-state index in [-0.39, 0.29) is 29.4 Å². The van der Waals surface area contributed by atoms with Gasteiger partial charge in [-0.3, -0.25) is 4.68 Å². The van der Waals surface area contributed by atoms with Crippen molar-refractivity contribution >= 4 is 17.7 Å². The zero-order chi connectivity index (χ0) is 21.1. The topological polar surface area (TPSA) is 102 Å². The van der Waals surface area contributed by atoms with Crippen LogP contribution in [0.4, 0.5) is 24.9 Å². The molecule has 2 heterocycles. The fourth-order valence-electron chi connectivity index (χ4n) is 2.51. The van der Waals surface area contributed by atoms with Crippen molar-refractivity contribution in [3.63, 3.8) is 0 Å². The molecule has 11 heteroatoms. The van der Waals surface area contributed by atoms with Crippen LogP contribution in [-0.4, -0.2) is 30.8 Å². The van der Waals surface area contributed by atoms with Gasteiger partial charge >= 0.3 is 5.97 Å². The molecule has 0 amide bonds. The molecule has 0 atom stereocenters. The van der Waals surface area contributed by atoms with Crippen LogP contribution in [0.2, 0.25) is 0 Å². The van der Waals surface area contributed by atoms with Crippen LogP contribution < -0.4 is 10.1 Å². The molecule has 0 unspecified atom stereocenters. The number of carbonyl (C=O) groups is 1. The number of carboxylic acid groups (broad SMARTS) is 1. The Hall–Kier alpha value is -3.63. The van der Waals surface area contributed by atoms with E-state index in [1.54, 1.807) is 14.0 Å². The molecule has 0 saturated carbocycles. The van der Waals surface area contributed by atoms with Gasteiger partial charge in [0.05, 0.1) is 18.0 Å². The second-order valence-electron chi connectivity index (χ2n) is 5.98.